The standard InChI is InChI=1S/C8H15NO/c1-7(2)4-5-8(3,10)6-9/h7,10H,4-5H2,1-3H3/t8-/m1/s1. The molecule has 2 nitrogen and oxygen atoms in total. The van der Waals surface area contributed by atoms with Crippen LogP contribution in [0.4, 0.5) is 0 Å². The lowest BCUT2D eigenvalue weighted by atomic mass is 9.97. The van der Waals surface area contributed by atoms with Crippen molar-refractivity contribution >= 4 is 0 Å². The zero-order valence-electron chi connectivity index (χ0n) is 6.89. The van der Waals surface area contributed by atoms with Crippen molar-refractivity contribution in [2.24, 2.45) is 5.92 Å². The van der Waals surface area contributed by atoms with Crippen LogP contribution >= 0.6 is 0 Å². The van der Waals surface area contributed by atoms with Crippen molar-refractivity contribution in [3.8, 4) is 6.07 Å². The highest BCUT2D eigenvalue weighted by atomic mass is 16.3. The Kier molecular flexibility index (Phi) is 3.38. The maximum atomic E-state index is 9.21. The quantitative estimate of drug-likeness (QED) is 0.608. The van der Waals surface area contributed by atoms with Gasteiger partial charge < -0.3 is 5.11 Å². The lowest BCUT2D eigenvalue weighted by molar-refractivity contribution is 0.103. The van der Waals surface area contributed by atoms with Gasteiger partial charge >= 0.3 is 0 Å². The SMILES string of the molecule is CC(C)CC[C@@](C)(O)C#N. The molecule has 0 spiro atoms. The maximum Gasteiger partial charge on any atom is 0.148 e. The first-order valence-corrected chi connectivity index (χ1v) is 3.61. The summed E-state index contributed by atoms with van der Waals surface area (Å²) in [5.41, 5.74) is -1.12. The summed E-state index contributed by atoms with van der Waals surface area (Å²) >= 11 is 0. The van der Waals surface area contributed by atoms with E-state index < -0.39 is 5.60 Å². The monoisotopic (exact) mass is 141 g/mol. The van der Waals surface area contributed by atoms with Gasteiger partial charge in [-0.2, -0.15) is 5.26 Å². The van der Waals surface area contributed by atoms with E-state index in [1.54, 1.807) is 6.92 Å². The molecule has 1 atom stereocenters. The van der Waals surface area contributed by atoms with E-state index in [9.17, 15) is 5.11 Å². The summed E-state index contributed by atoms with van der Waals surface area (Å²) in [4.78, 5) is 0. The van der Waals surface area contributed by atoms with Crippen LogP contribution in [0.15, 0.2) is 0 Å². The van der Waals surface area contributed by atoms with Crippen molar-refractivity contribution in [2.45, 2.75) is 39.2 Å². The van der Waals surface area contributed by atoms with Crippen LogP contribution in [0.25, 0.3) is 0 Å². The summed E-state index contributed by atoms with van der Waals surface area (Å²) in [6.45, 7) is 5.70. The van der Waals surface area contributed by atoms with E-state index in [2.05, 4.69) is 13.8 Å². The molecule has 0 aliphatic rings. The first-order chi connectivity index (χ1) is 4.48. The Hall–Kier alpha value is -0.550. The van der Waals surface area contributed by atoms with E-state index in [0.29, 0.717) is 12.3 Å². The number of aliphatic hydroxyl groups is 1. The molecular weight excluding hydrogens is 126 g/mol. The van der Waals surface area contributed by atoms with Crippen molar-refractivity contribution < 1.29 is 5.11 Å². The molecule has 2 heteroatoms. The minimum atomic E-state index is -1.12. The van der Waals surface area contributed by atoms with Crippen LogP contribution in [0, 0.1) is 17.2 Å². The Morgan fingerprint density at radius 2 is 2.10 bits per heavy atom. The molecule has 0 heterocycles. The van der Waals surface area contributed by atoms with E-state index in [0.717, 1.165) is 6.42 Å². The first-order valence-electron chi connectivity index (χ1n) is 3.61. The Labute approximate surface area is 62.5 Å². The van der Waals surface area contributed by atoms with Gasteiger partial charge in [0.15, 0.2) is 0 Å². The molecule has 0 unspecified atom stereocenters. The molecule has 0 aliphatic carbocycles. The van der Waals surface area contributed by atoms with Crippen LogP contribution in [0.2, 0.25) is 0 Å². The summed E-state index contributed by atoms with van der Waals surface area (Å²) < 4.78 is 0. The largest absolute Gasteiger partial charge is 0.376 e. The number of hydrogen-bond acceptors (Lipinski definition) is 2. The molecule has 1 N–H and O–H groups in total. The van der Waals surface area contributed by atoms with Gasteiger partial charge in [0.2, 0.25) is 0 Å². The van der Waals surface area contributed by atoms with Gasteiger partial charge in [0.25, 0.3) is 0 Å². The number of nitriles is 1. The molecule has 0 aromatic heterocycles. The normalized spacial score (nSPS) is 16.4. The summed E-state index contributed by atoms with van der Waals surface area (Å²) in [5.74, 6) is 0.555. The van der Waals surface area contributed by atoms with Crippen LogP contribution in [0.1, 0.15) is 33.6 Å². The molecule has 0 aromatic carbocycles. The van der Waals surface area contributed by atoms with Gasteiger partial charge in [0, 0.05) is 0 Å². The molecule has 0 bridgehead atoms. The molecule has 0 saturated heterocycles. The number of hydrogen-bond donors (Lipinski definition) is 1. The van der Waals surface area contributed by atoms with Crippen molar-refractivity contribution in [1.29, 1.82) is 5.26 Å². The van der Waals surface area contributed by atoms with Crippen LogP contribution in [-0.4, -0.2) is 10.7 Å². The van der Waals surface area contributed by atoms with Crippen molar-refractivity contribution in [3.05, 3.63) is 0 Å². The predicted octanol–water partition coefficient (Wildman–Crippen LogP) is 1.70. The van der Waals surface area contributed by atoms with Gasteiger partial charge in [-0.05, 0) is 25.7 Å². The fraction of sp³-hybridized carbons (Fsp3) is 0.875. The molecule has 0 saturated carbocycles. The first kappa shape index (κ1) is 9.45. The second-order valence-corrected chi connectivity index (χ2v) is 3.32. The van der Waals surface area contributed by atoms with Crippen LogP contribution in [0.5, 0.6) is 0 Å². The summed E-state index contributed by atoms with van der Waals surface area (Å²) in [6, 6.07) is 1.85. The molecule has 58 valence electrons. The third-order valence-electron chi connectivity index (χ3n) is 1.45. The lowest BCUT2D eigenvalue weighted by Gasteiger charge is -2.14. The average Bonchev–Trinajstić information content (AvgIpc) is 1.85. The third kappa shape index (κ3) is 4.34. The van der Waals surface area contributed by atoms with Crippen LogP contribution in [-0.2, 0) is 0 Å². The van der Waals surface area contributed by atoms with E-state index >= 15 is 0 Å². The summed E-state index contributed by atoms with van der Waals surface area (Å²) in [6.07, 6.45) is 1.47. The zero-order chi connectivity index (χ0) is 8.20. The van der Waals surface area contributed by atoms with Gasteiger partial charge in [0.1, 0.15) is 5.60 Å². The fourth-order valence-corrected chi connectivity index (χ4v) is 0.626. The molecular formula is C8H15NO. The molecule has 0 aliphatic heterocycles. The second kappa shape index (κ2) is 3.58. The van der Waals surface area contributed by atoms with Crippen molar-refractivity contribution in [2.75, 3.05) is 0 Å². The highest BCUT2D eigenvalue weighted by Gasteiger charge is 2.18. The molecule has 0 radical (unpaired) electrons. The van der Waals surface area contributed by atoms with Crippen molar-refractivity contribution in [1.82, 2.24) is 0 Å². The number of nitrogens with zero attached hydrogens (tertiary/aromatic N) is 1. The minimum Gasteiger partial charge on any atom is -0.376 e. The van der Waals surface area contributed by atoms with Crippen LogP contribution in [0.3, 0.4) is 0 Å². The fourth-order valence-electron chi connectivity index (χ4n) is 0.626. The molecule has 0 aromatic rings. The highest BCUT2D eigenvalue weighted by molar-refractivity contribution is 4.95. The summed E-state index contributed by atoms with van der Waals surface area (Å²) in [5, 5.41) is 17.6. The molecule has 10 heavy (non-hydrogen) atoms. The number of rotatable bonds is 3. The molecule has 0 rings (SSSR count). The van der Waals surface area contributed by atoms with Gasteiger partial charge in [0.05, 0.1) is 6.07 Å². The second-order valence-electron chi connectivity index (χ2n) is 3.32. The van der Waals surface area contributed by atoms with Crippen LogP contribution < -0.4 is 0 Å². The van der Waals surface area contributed by atoms with Gasteiger partial charge in [-0.3, -0.25) is 0 Å². The highest BCUT2D eigenvalue weighted by Crippen LogP contribution is 2.14. The topological polar surface area (TPSA) is 44.0 Å². The Bertz CT molecular complexity index is 133. The third-order valence-corrected chi connectivity index (χ3v) is 1.45. The maximum absolute atomic E-state index is 9.21. The Morgan fingerprint density at radius 3 is 2.40 bits per heavy atom. The zero-order valence-corrected chi connectivity index (χ0v) is 6.89. The van der Waals surface area contributed by atoms with Crippen molar-refractivity contribution in [3.63, 3.8) is 0 Å². The van der Waals surface area contributed by atoms with E-state index in [4.69, 9.17) is 5.26 Å². The average molecular weight is 141 g/mol. The molecule has 0 amide bonds. The smallest absolute Gasteiger partial charge is 0.148 e. The van der Waals surface area contributed by atoms with Gasteiger partial charge in [-0.25, -0.2) is 0 Å². The Morgan fingerprint density at radius 1 is 1.60 bits per heavy atom. The van der Waals surface area contributed by atoms with E-state index in [-0.39, 0.29) is 0 Å². The molecule has 0 fully saturated rings. The van der Waals surface area contributed by atoms with E-state index in [1.807, 2.05) is 6.07 Å². The minimum absolute atomic E-state index is 0.555. The predicted molar refractivity (Wildman–Crippen MR) is 40.3 cm³/mol. The summed E-state index contributed by atoms with van der Waals surface area (Å²) in [7, 11) is 0. The Balaban J connectivity index is 3.60. The van der Waals surface area contributed by atoms with Gasteiger partial charge in [-0.1, -0.05) is 13.8 Å². The van der Waals surface area contributed by atoms with E-state index in [1.165, 1.54) is 0 Å². The van der Waals surface area contributed by atoms with Gasteiger partial charge in [-0.15, -0.1) is 0 Å². The lowest BCUT2D eigenvalue weighted by Crippen LogP contribution is -2.21.